The average Bonchev–Trinajstić information content (AvgIpc) is 2.76. The fraction of sp³-hybridized carbons (Fsp3) is 0.261. The van der Waals surface area contributed by atoms with Crippen LogP contribution in [0.1, 0.15) is 29.8 Å². The van der Waals surface area contributed by atoms with Crippen molar-refractivity contribution in [3.63, 3.8) is 0 Å². The van der Waals surface area contributed by atoms with Gasteiger partial charge >= 0.3 is 18.0 Å². The standard InChI is InChI=1S/C23H24N2O6/c1-3-29-22(27)20-15(2)24-23(28)25-19(20)14-31-21(26)18-12-8-7-9-16(18)13-30-17-10-5-4-6-11-17/h4-12,15H,3,13-14H2,1-2H3,(H2,24,25,28). The van der Waals surface area contributed by atoms with Crippen LogP contribution in [0.3, 0.4) is 0 Å². The molecule has 1 aliphatic rings. The number of esters is 2. The van der Waals surface area contributed by atoms with E-state index >= 15 is 0 Å². The van der Waals surface area contributed by atoms with Crippen LogP contribution in [0.4, 0.5) is 4.79 Å². The lowest BCUT2D eigenvalue weighted by atomic mass is 10.0. The molecule has 2 amide bonds. The lowest BCUT2D eigenvalue weighted by Crippen LogP contribution is -2.50. The van der Waals surface area contributed by atoms with Crippen molar-refractivity contribution in [3.8, 4) is 5.75 Å². The molecule has 162 valence electrons. The summed E-state index contributed by atoms with van der Waals surface area (Å²) in [6.07, 6.45) is 0. The summed E-state index contributed by atoms with van der Waals surface area (Å²) in [7, 11) is 0. The molecule has 0 saturated carbocycles. The minimum absolute atomic E-state index is 0.184. The van der Waals surface area contributed by atoms with Crippen molar-refractivity contribution >= 4 is 18.0 Å². The molecule has 0 radical (unpaired) electrons. The molecule has 0 saturated heterocycles. The third kappa shape index (κ3) is 5.63. The molecule has 1 unspecified atom stereocenters. The Kier molecular flexibility index (Phi) is 7.26. The van der Waals surface area contributed by atoms with Gasteiger partial charge in [0.05, 0.1) is 29.5 Å². The Labute approximate surface area is 180 Å². The van der Waals surface area contributed by atoms with Crippen molar-refractivity contribution in [2.45, 2.75) is 26.5 Å². The Morgan fingerprint density at radius 2 is 1.65 bits per heavy atom. The largest absolute Gasteiger partial charge is 0.489 e. The zero-order valence-electron chi connectivity index (χ0n) is 17.3. The van der Waals surface area contributed by atoms with Gasteiger partial charge in [-0.1, -0.05) is 36.4 Å². The summed E-state index contributed by atoms with van der Waals surface area (Å²) >= 11 is 0. The van der Waals surface area contributed by atoms with E-state index in [-0.39, 0.29) is 31.1 Å². The molecular weight excluding hydrogens is 400 g/mol. The van der Waals surface area contributed by atoms with Gasteiger partial charge in [0.15, 0.2) is 0 Å². The third-order valence-electron chi connectivity index (χ3n) is 4.59. The first-order valence-electron chi connectivity index (χ1n) is 9.90. The Morgan fingerprint density at radius 3 is 2.39 bits per heavy atom. The number of urea groups is 1. The topological polar surface area (TPSA) is 103 Å². The van der Waals surface area contributed by atoms with Gasteiger partial charge in [-0.2, -0.15) is 0 Å². The van der Waals surface area contributed by atoms with E-state index in [1.807, 2.05) is 30.3 Å². The SMILES string of the molecule is CCOC(=O)C1=C(COC(=O)c2ccccc2COc2ccccc2)NC(=O)NC1C. The molecule has 1 atom stereocenters. The monoisotopic (exact) mass is 424 g/mol. The van der Waals surface area contributed by atoms with Crippen molar-refractivity contribution < 1.29 is 28.6 Å². The van der Waals surface area contributed by atoms with Gasteiger partial charge in [0.25, 0.3) is 0 Å². The Bertz CT molecular complexity index is 987. The smallest absolute Gasteiger partial charge is 0.338 e. The van der Waals surface area contributed by atoms with E-state index in [1.54, 1.807) is 38.1 Å². The lowest BCUT2D eigenvalue weighted by Gasteiger charge is -2.26. The molecule has 2 aromatic carbocycles. The second-order valence-corrected chi connectivity index (χ2v) is 6.77. The summed E-state index contributed by atoms with van der Waals surface area (Å²) in [5, 5.41) is 5.12. The van der Waals surface area contributed by atoms with Crippen molar-refractivity contribution in [3.05, 3.63) is 77.0 Å². The number of ether oxygens (including phenoxy) is 3. The summed E-state index contributed by atoms with van der Waals surface area (Å²) in [6, 6.07) is 15.1. The number of para-hydroxylation sites is 1. The van der Waals surface area contributed by atoms with E-state index in [2.05, 4.69) is 10.6 Å². The van der Waals surface area contributed by atoms with Gasteiger partial charge in [-0.3, -0.25) is 0 Å². The summed E-state index contributed by atoms with van der Waals surface area (Å²) in [4.78, 5) is 36.9. The molecule has 1 aliphatic heterocycles. The molecule has 31 heavy (non-hydrogen) atoms. The molecule has 0 spiro atoms. The molecule has 3 rings (SSSR count). The van der Waals surface area contributed by atoms with Gasteiger partial charge < -0.3 is 24.8 Å². The average molecular weight is 424 g/mol. The van der Waals surface area contributed by atoms with Crippen LogP contribution >= 0.6 is 0 Å². The van der Waals surface area contributed by atoms with Gasteiger partial charge in [0, 0.05) is 5.56 Å². The van der Waals surface area contributed by atoms with Gasteiger partial charge in [-0.15, -0.1) is 0 Å². The van der Waals surface area contributed by atoms with E-state index in [0.717, 1.165) is 0 Å². The minimum atomic E-state index is -0.594. The maximum absolute atomic E-state index is 12.7. The highest BCUT2D eigenvalue weighted by Gasteiger charge is 2.30. The number of benzene rings is 2. The summed E-state index contributed by atoms with van der Waals surface area (Å²) in [5.41, 5.74) is 1.40. The number of hydrogen-bond donors (Lipinski definition) is 2. The number of carbonyl (C=O) groups is 3. The van der Waals surface area contributed by atoms with Gasteiger partial charge in [0.1, 0.15) is 19.0 Å². The van der Waals surface area contributed by atoms with Gasteiger partial charge in [-0.05, 0) is 32.0 Å². The van der Waals surface area contributed by atoms with E-state index in [1.165, 1.54) is 0 Å². The number of nitrogens with one attached hydrogen (secondary N) is 2. The zero-order chi connectivity index (χ0) is 22.2. The van der Waals surface area contributed by atoms with Crippen LogP contribution in [-0.4, -0.2) is 37.2 Å². The molecule has 2 aromatic rings. The second-order valence-electron chi connectivity index (χ2n) is 6.77. The van der Waals surface area contributed by atoms with E-state index < -0.39 is 24.0 Å². The van der Waals surface area contributed by atoms with Crippen LogP contribution in [0.25, 0.3) is 0 Å². The first-order chi connectivity index (χ1) is 15.0. The highest BCUT2D eigenvalue weighted by atomic mass is 16.5. The van der Waals surface area contributed by atoms with Crippen LogP contribution in [-0.2, 0) is 20.9 Å². The Morgan fingerprint density at radius 1 is 0.935 bits per heavy atom. The van der Waals surface area contributed by atoms with Gasteiger partial charge in [0.2, 0.25) is 0 Å². The fourth-order valence-electron chi connectivity index (χ4n) is 3.13. The van der Waals surface area contributed by atoms with Crippen LogP contribution in [0, 0.1) is 0 Å². The molecule has 8 nitrogen and oxygen atoms in total. The molecule has 8 heteroatoms. The second kappa shape index (κ2) is 10.3. The summed E-state index contributed by atoms with van der Waals surface area (Å²) < 4.78 is 16.2. The van der Waals surface area contributed by atoms with Gasteiger partial charge in [-0.25, -0.2) is 14.4 Å². The van der Waals surface area contributed by atoms with Crippen molar-refractivity contribution in [1.29, 1.82) is 0 Å². The minimum Gasteiger partial charge on any atom is -0.489 e. The number of carbonyl (C=O) groups excluding carboxylic acids is 3. The summed E-state index contributed by atoms with van der Waals surface area (Å²) in [6.45, 7) is 3.43. The maximum Gasteiger partial charge on any atom is 0.338 e. The maximum atomic E-state index is 12.7. The zero-order valence-corrected chi connectivity index (χ0v) is 17.3. The third-order valence-corrected chi connectivity index (χ3v) is 4.59. The molecule has 1 heterocycles. The van der Waals surface area contributed by atoms with E-state index in [0.29, 0.717) is 16.9 Å². The first-order valence-corrected chi connectivity index (χ1v) is 9.90. The fourth-order valence-corrected chi connectivity index (χ4v) is 3.13. The lowest BCUT2D eigenvalue weighted by molar-refractivity contribution is -0.139. The normalized spacial score (nSPS) is 15.5. The number of rotatable bonds is 8. The van der Waals surface area contributed by atoms with Crippen LogP contribution in [0.5, 0.6) is 5.75 Å². The van der Waals surface area contributed by atoms with Crippen molar-refractivity contribution in [2.24, 2.45) is 0 Å². The predicted molar refractivity (Wildman–Crippen MR) is 112 cm³/mol. The number of hydrogen-bond acceptors (Lipinski definition) is 6. The molecular formula is C23H24N2O6. The molecule has 2 N–H and O–H groups in total. The van der Waals surface area contributed by atoms with E-state index in [4.69, 9.17) is 14.2 Å². The van der Waals surface area contributed by atoms with Crippen LogP contribution in [0.2, 0.25) is 0 Å². The van der Waals surface area contributed by atoms with Crippen LogP contribution in [0.15, 0.2) is 65.9 Å². The predicted octanol–water partition coefficient (Wildman–Crippen LogP) is 2.94. The Balaban J connectivity index is 1.73. The molecule has 0 aromatic heterocycles. The first kappa shape index (κ1) is 21.9. The van der Waals surface area contributed by atoms with E-state index in [9.17, 15) is 14.4 Å². The molecule has 0 bridgehead atoms. The molecule has 0 aliphatic carbocycles. The quantitative estimate of drug-likeness (QED) is 0.632. The molecule has 0 fully saturated rings. The van der Waals surface area contributed by atoms with Crippen molar-refractivity contribution in [2.75, 3.05) is 13.2 Å². The Hall–Kier alpha value is -3.81. The highest BCUT2D eigenvalue weighted by Crippen LogP contribution is 2.18. The summed E-state index contributed by atoms with van der Waals surface area (Å²) in [5.74, 6) is -0.491. The number of amides is 2. The highest BCUT2D eigenvalue weighted by molar-refractivity contribution is 5.95. The van der Waals surface area contributed by atoms with Crippen molar-refractivity contribution in [1.82, 2.24) is 10.6 Å². The van der Waals surface area contributed by atoms with Crippen LogP contribution < -0.4 is 15.4 Å².